The second kappa shape index (κ2) is 7.74. The van der Waals surface area contributed by atoms with Crippen LogP contribution in [0.1, 0.15) is 21.6 Å². The van der Waals surface area contributed by atoms with Crippen LogP contribution in [-0.2, 0) is 6.73 Å². The summed E-state index contributed by atoms with van der Waals surface area (Å²) in [4.78, 5) is 12.4. The highest BCUT2D eigenvalue weighted by Crippen LogP contribution is 2.19. The number of ether oxygens (including phenoxy) is 2. The lowest BCUT2D eigenvalue weighted by Gasteiger charge is -2.09. The van der Waals surface area contributed by atoms with Crippen LogP contribution in [0.25, 0.3) is 0 Å². The average Bonchev–Trinajstić information content (AvgIpc) is 3.13. The number of hydrogen-bond acceptors (Lipinski definition) is 4. The summed E-state index contributed by atoms with van der Waals surface area (Å²) in [5, 5.41) is 7.16. The third-order valence-corrected chi connectivity index (χ3v) is 4.15. The number of carbonyl (C=O) groups is 1. The monoisotopic (exact) mass is 351 g/mol. The van der Waals surface area contributed by atoms with Gasteiger partial charge >= 0.3 is 0 Å². The van der Waals surface area contributed by atoms with Crippen LogP contribution in [0.2, 0.25) is 0 Å². The number of nitrogens with zero attached hydrogens (tertiary/aromatic N) is 2. The second-order valence-electron chi connectivity index (χ2n) is 5.89. The number of carbonyl (C=O) groups excluding carboxylic acids is 1. The first-order chi connectivity index (χ1) is 12.6. The zero-order chi connectivity index (χ0) is 18.5. The Morgan fingerprint density at radius 2 is 1.81 bits per heavy atom. The summed E-state index contributed by atoms with van der Waals surface area (Å²) in [6.07, 6.45) is 1.71. The predicted octanol–water partition coefficient (Wildman–Crippen LogP) is 3.80. The lowest BCUT2D eigenvalue weighted by molar-refractivity contribution is 0.102. The van der Waals surface area contributed by atoms with Gasteiger partial charge in [-0.3, -0.25) is 4.79 Å². The molecule has 2 aromatic carbocycles. The standard InChI is InChI=1S/C20H21N3O3/c1-14-5-4-6-18(15(14)2)21-20(24)19-11-12-23(22-19)13-26-17-9-7-16(25-3)8-10-17/h4-12H,13H2,1-3H3,(H,21,24). The van der Waals surface area contributed by atoms with Crippen LogP contribution in [0.3, 0.4) is 0 Å². The van der Waals surface area contributed by atoms with Crippen molar-refractivity contribution < 1.29 is 14.3 Å². The number of hydrogen-bond donors (Lipinski definition) is 1. The molecule has 0 spiro atoms. The lowest BCUT2D eigenvalue weighted by Crippen LogP contribution is -2.15. The van der Waals surface area contributed by atoms with E-state index in [1.807, 2.05) is 56.3 Å². The Morgan fingerprint density at radius 3 is 2.54 bits per heavy atom. The van der Waals surface area contributed by atoms with Crippen molar-refractivity contribution in [2.75, 3.05) is 12.4 Å². The van der Waals surface area contributed by atoms with Crippen molar-refractivity contribution in [2.45, 2.75) is 20.6 Å². The Balaban J connectivity index is 1.61. The molecule has 6 heteroatoms. The van der Waals surface area contributed by atoms with Gasteiger partial charge in [-0.15, -0.1) is 0 Å². The third kappa shape index (κ3) is 4.03. The Morgan fingerprint density at radius 1 is 1.08 bits per heavy atom. The number of nitrogens with one attached hydrogen (secondary N) is 1. The van der Waals surface area contributed by atoms with Gasteiger partial charge in [0.1, 0.15) is 11.5 Å². The molecule has 134 valence electrons. The molecule has 1 N–H and O–H groups in total. The highest BCUT2D eigenvalue weighted by atomic mass is 16.5. The van der Waals surface area contributed by atoms with E-state index in [1.54, 1.807) is 24.1 Å². The molecule has 0 saturated carbocycles. The Hall–Kier alpha value is -3.28. The number of benzene rings is 2. The van der Waals surface area contributed by atoms with Gasteiger partial charge in [0.15, 0.2) is 12.4 Å². The predicted molar refractivity (Wildman–Crippen MR) is 99.7 cm³/mol. The maximum absolute atomic E-state index is 12.4. The second-order valence-corrected chi connectivity index (χ2v) is 5.89. The van der Waals surface area contributed by atoms with Crippen molar-refractivity contribution in [3.8, 4) is 11.5 Å². The summed E-state index contributed by atoms with van der Waals surface area (Å²) in [5.41, 5.74) is 3.30. The summed E-state index contributed by atoms with van der Waals surface area (Å²) < 4.78 is 12.3. The van der Waals surface area contributed by atoms with Crippen molar-refractivity contribution in [1.29, 1.82) is 0 Å². The van der Waals surface area contributed by atoms with E-state index in [9.17, 15) is 4.79 Å². The van der Waals surface area contributed by atoms with Crippen molar-refractivity contribution in [2.24, 2.45) is 0 Å². The molecule has 1 amide bonds. The largest absolute Gasteiger partial charge is 0.497 e. The molecule has 0 aliphatic rings. The molecule has 3 rings (SSSR count). The molecule has 0 fully saturated rings. The molecule has 26 heavy (non-hydrogen) atoms. The molecule has 1 heterocycles. The maximum atomic E-state index is 12.4. The zero-order valence-corrected chi connectivity index (χ0v) is 15.0. The molecule has 0 bridgehead atoms. The minimum absolute atomic E-state index is 0.211. The third-order valence-electron chi connectivity index (χ3n) is 4.15. The van der Waals surface area contributed by atoms with Crippen LogP contribution in [0.15, 0.2) is 54.7 Å². The fourth-order valence-corrected chi connectivity index (χ4v) is 2.44. The minimum Gasteiger partial charge on any atom is -0.497 e. The van der Waals surface area contributed by atoms with Gasteiger partial charge in [0.05, 0.1) is 7.11 Å². The smallest absolute Gasteiger partial charge is 0.276 e. The molecule has 0 atom stereocenters. The van der Waals surface area contributed by atoms with Gasteiger partial charge in [-0.2, -0.15) is 5.10 Å². The van der Waals surface area contributed by atoms with E-state index in [0.29, 0.717) is 11.4 Å². The number of methoxy groups -OCH3 is 1. The van der Waals surface area contributed by atoms with Gasteiger partial charge in [0.25, 0.3) is 5.91 Å². The van der Waals surface area contributed by atoms with E-state index in [-0.39, 0.29) is 12.6 Å². The van der Waals surface area contributed by atoms with Gasteiger partial charge in [-0.1, -0.05) is 12.1 Å². The van der Waals surface area contributed by atoms with Crippen molar-refractivity contribution >= 4 is 11.6 Å². The van der Waals surface area contributed by atoms with E-state index in [2.05, 4.69) is 10.4 Å². The first-order valence-corrected chi connectivity index (χ1v) is 8.24. The lowest BCUT2D eigenvalue weighted by atomic mass is 10.1. The normalized spacial score (nSPS) is 10.4. The van der Waals surface area contributed by atoms with Crippen LogP contribution < -0.4 is 14.8 Å². The topological polar surface area (TPSA) is 65.4 Å². The van der Waals surface area contributed by atoms with Crippen molar-refractivity contribution in [1.82, 2.24) is 9.78 Å². The number of anilines is 1. The van der Waals surface area contributed by atoms with E-state index in [0.717, 1.165) is 22.6 Å². The molecule has 0 unspecified atom stereocenters. The first kappa shape index (κ1) is 17.5. The van der Waals surface area contributed by atoms with Gasteiger partial charge in [-0.25, -0.2) is 4.68 Å². The van der Waals surface area contributed by atoms with Crippen LogP contribution >= 0.6 is 0 Å². The summed E-state index contributed by atoms with van der Waals surface area (Å²) in [6, 6.07) is 14.7. The SMILES string of the molecule is COc1ccc(OCn2ccc(C(=O)Nc3cccc(C)c3C)n2)cc1. The molecule has 3 aromatic rings. The Labute approximate surface area is 152 Å². The van der Waals surface area contributed by atoms with E-state index in [4.69, 9.17) is 9.47 Å². The van der Waals surface area contributed by atoms with Crippen LogP contribution in [0.5, 0.6) is 11.5 Å². The molecule has 1 aromatic heterocycles. The molecule has 6 nitrogen and oxygen atoms in total. The van der Waals surface area contributed by atoms with Crippen LogP contribution in [0.4, 0.5) is 5.69 Å². The Kier molecular flexibility index (Phi) is 5.22. The molecular formula is C20H21N3O3. The zero-order valence-electron chi connectivity index (χ0n) is 15.0. The van der Waals surface area contributed by atoms with Crippen LogP contribution in [-0.4, -0.2) is 22.8 Å². The highest BCUT2D eigenvalue weighted by Gasteiger charge is 2.11. The van der Waals surface area contributed by atoms with E-state index >= 15 is 0 Å². The molecule has 0 aliphatic heterocycles. The quantitative estimate of drug-likeness (QED) is 0.734. The van der Waals surface area contributed by atoms with E-state index in [1.165, 1.54) is 0 Å². The van der Waals surface area contributed by atoms with Gasteiger partial charge < -0.3 is 14.8 Å². The minimum atomic E-state index is -0.248. The fourth-order valence-electron chi connectivity index (χ4n) is 2.44. The van der Waals surface area contributed by atoms with Crippen molar-refractivity contribution in [3.05, 3.63) is 71.5 Å². The maximum Gasteiger partial charge on any atom is 0.276 e. The molecular weight excluding hydrogens is 330 g/mol. The van der Waals surface area contributed by atoms with Gasteiger partial charge in [-0.05, 0) is 61.4 Å². The fraction of sp³-hybridized carbons (Fsp3) is 0.200. The molecule has 0 aliphatic carbocycles. The highest BCUT2D eigenvalue weighted by molar-refractivity contribution is 6.03. The molecule has 0 saturated heterocycles. The summed E-state index contributed by atoms with van der Waals surface area (Å²) in [5.74, 6) is 1.21. The molecule has 0 radical (unpaired) electrons. The summed E-state index contributed by atoms with van der Waals surface area (Å²) >= 11 is 0. The number of aryl methyl sites for hydroxylation is 1. The van der Waals surface area contributed by atoms with Crippen molar-refractivity contribution in [3.63, 3.8) is 0 Å². The van der Waals surface area contributed by atoms with Gasteiger partial charge in [0, 0.05) is 11.9 Å². The summed E-state index contributed by atoms with van der Waals surface area (Å²) in [6.45, 7) is 4.20. The summed E-state index contributed by atoms with van der Waals surface area (Å²) in [7, 11) is 1.62. The van der Waals surface area contributed by atoms with Crippen LogP contribution in [0, 0.1) is 13.8 Å². The average molecular weight is 351 g/mol. The number of rotatable bonds is 6. The number of amides is 1. The van der Waals surface area contributed by atoms with Gasteiger partial charge in [0.2, 0.25) is 0 Å². The van der Waals surface area contributed by atoms with E-state index < -0.39 is 0 Å². The first-order valence-electron chi connectivity index (χ1n) is 8.24. The Bertz CT molecular complexity index is 901. The number of aromatic nitrogens is 2.